The fraction of sp³-hybridized carbons (Fsp3) is 0.791. The molecule has 0 heterocycles. The minimum Gasteiger partial charge on any atom is -0.505 e. The molecule has 8 nitrogen and oxygen atoms in total. The van der Waals surface area contributed by atoms with Crippen molar-refractivity contribution in [3.63, 3.8) is 0 Å². The summed E-state index contributed by atoms with van der Waals surface area (Å²) in [5, 5.41) is 26.0. The number of phenolic OH excluding ortho intramolecular Hbond substituents is 2. The zero-order valence-electron chi connectivity index (χ0n) is 33.3. The molecule has 1 aromatic rings. The van der Waals surface area contributed by atoms with E-state index in [9.17, 15) is 19.8 Å². The van der Waals surface area contributed by atoms with Gasteiger partial charge in [-0.1, -0.05) is 143 Å². The lowest BCUT2D eigenvalue weighted by Gasteiger charge is -2.19. The Bertz CT molecular complexity index is 1070. The van der Waals surface area contributed by atoms with E-state index in [2.05, 4.69) is 31.1 Å². The second-order valence-electron chi connectivity index (χ2n) is 14.3. The van der Waals surface area contributed by atoms with Crippen LogP contribution in [0.5, 0.6) is 11.5 Å². The first-order valence-electron chi connectivity index (χ1n) is 21.0. The first kappa shape index (κ1) is 46.3. The molecule has 294 valence electrons. The van der Waals surface area contributed by atoms with Crippen LogP contribution in [0.4, 0.5) is 11.4 Å². The van der Waals surface area contributed by atoms with Crippen LogP contribution in [0.1, 0.15) is 199 Å². The maximum absolute atomic E-state index is 12.2. The molecule has 0 aliphatic carbocycles. The zero-order chi connectivity index (χ0) is 37.4. The lowest BCUT2D eigenvalue weighted by Crippen LogP contribution is -2.10. The highest BCUT2D eigenvalue weighted by atomic mass is 16.5. The summed E-state index contributed by atoms with van der Waals surface area (Å²) in [7, 11) is 0. The highest BCUT2D eigenvalue weighted by Crippen LogP contribution is 2.46. The van der Waals surface area contributed by atoms with Gasteiger partial charge in [-0.15, -0.1) is 0 Å². The predicted octanol–water partition coefficient (Wildman–Crippen LogP) is 12.4. The summed E-state index contributed by atoms with van der Waals surface area (Å²) < 4.78 is 10.7. The smallest absolute Gasteiger partial charge is 0.306 e. The second-order valence-corrected chi connectivity index (χ2v) is 14.3. The Morgan fingerprint density at radius 1 is 0.608 bits per heavy atom. The topological polar surface area (TPSA) is 117 Å². The maximum Gasteiger partial charge on any atom is 0.306 e. The Balaban J connectivity index is 2.72. The molecule has 51 heavy (non-hydrogen) atoms. The van der Waals surface area contributed by atoms with Crippen molar-refractivity contribution in [2.24, 2.45) is 4.99 Å². The summed E-state index contributed by atoms with van der Waals surface area (Å²) in [5.41, 5.74) is 1.96. The molecule has 0 spiro atoms. The van der Waals surface area contributed by atoms with Gasteiger partial charge in [-0.05, 0) is 45.4 Å². The Labute approximate surface area is 312 Å². The number of phenols is 2. The average molecular weight is 717 g/mol. The van der Waals surface area contributed by atoms with Crippen LogP contribution >= 0.6 is 0 Å². The standard InChI is InChI=1S/C43H76N2O6/c1-5-8-11-14-15-16-17-18-19-20-21-22-23-24-29-37-41(45-33-28-31-39(47)51-35-26-13-10-7-3)42(48)36(4)40(43(37)49)44-32-27-30-38(46)50-34-25-12-9-6-2/h33,44,48-49H,5-32,34-35H2,1-4H3. The molecule has 0 bridgehead atoms. The zero-order valence-corrected chi connectivity index (χ0v) is 33.3. The number of aliphatic imine (C=N–C) groups is 1. The average Bonchev–Trinajstić information content (AvgIpc) is 3.12. The van der Waals surface area contributed by atoms with Gasteiger partial charge in [0.15, 0.2) is 0 Å². The molecule has 0 atom stereocenters. The van der Waals surface area contributed by atoms with Gasteiger partial charge in [-0.2, -0.15) is 0 Å². The minimum absolute atomic E-state index is 0.0249. The van der Waals surface area contributed by atoms with Crippen LogP contribution in [-0.2, 0) is 25.5 Å². The molecule has 1 rings (SSSR count). The van der Waals surface area contributed by atoms with Crippen molar-refractivity contribution in [3.05, 3.63) is 11.1 Å². The van der Waals surface area contributed by atoms with Gasteiger partial charge < -0.3 is 25.0 Å². The number of hydrogen-bond acceptors (Lipinski definition) is 8. The lowest BCUT2D eigenvalue weighted by atomic mass is 9.98. The summed E-state index contributed by atoms with van der Waals surface area (Å²) >= 11 is 0. The van der Waals surface area contributed by atoms with Crippen molar-refractivity contribution >= 4 is 29.5 Å². The lowest BCUT2D eigenvalue weighted by molar-refractivity contribution is -0.144. The fourth-order valence-electron chi connectivity index (χ4n) is 6.33. The molecule has 3 N–H and O–H groups in total. The third kappa shape index (κ3) is 22.7. The second kappa shape index (κ2) is 31.9. The van der Waals surface area contributed by atoms with E-state index in [4.69, 9.17) is 9.47 Å². The molecule has 1 aromatic carbocycles. The van der Waals surface area contributed by atoms with Crippen molar-refractivity contribution < 1.29 is 29.3 Å². The number of rotatable bonds is 34. The van der Waals surface area contributed by atoms with Crippen LogP contribution < -0.4 is 5.32 Å². The SMILES string of the molecule is CCCCCCCCCCCCCCCCc1c(O)c(NCCCC(=O)OCCCCCC)c(C)c(O)c1N=CCCC(=O)OCCCCCC. The third-order valence-corrected chi connectivity index (χ3v) is 9.62. The number of ether oxygens (including phenoxy) is 2. The van der Waals surface area contributed by atoms with Gasteiger partial charge in [0.05, 0.1) is 25.3 Å². The number of benzene rings is 1. The number of anilines is 1. The van der Waals surface area contributed by atoms with E-state index in [0.717, 1.165) is 70.6 Å². The van der Waals surface area contributed by atoms with Crippen molar-refractivity contribution in [1.29, 1.82) is 0 Å². The number of carbonyl (C=O) groups is 2. The van der Waals surface area contributed by atoms with Crippen LogP contribution in [-0.4, -0.2) is 48.1 Å². The maximum atomic E-state index is 12.2. The van der Waals surface area contributed by atoms with E-state index in [1.165, 1.54) is 70.6 Å². The van der Waals surface area contributed by atoms with Crippen LogP contribution in [0.15, 0.2) is 4.99 Å². The quantitative estimate of drug-likeness (QED) is 0.0214. The van der Waals surface area contributed by atoms with Crippen LogP contribution in [0.2, 0.25) is 0 Å². The van der Waals surface area contributed by atoms with E-state index in [-0.39, 0.29) is 29.9 Å². The van der Waals surface area contributed by atoms with E-state index >= 15 is 0 Å². The molecule has 0 fully saturated rings. The molecule has 0 saturated heterocycles. The molecule has 0 aromatic heterocycles. The van der Waals surface area contributed by atoms with Gasteiger partial charge in [0.1, 0.15) is 17.2 Å². The molecule has 0 aliphatic rings. The van der Waals surface area contributed by atoms with Crippen molar-refractivity contribution in [3.8, 4) is 11.5 Å². The van der Waals surface area contributed by atoms with Gasteiger partial charge in [0, 0.05) is 30.3 Å². The Morgan fingerprint density at radius 3 is 1.57 bits per heavy atom. The van der Waals surface area contributed by atoms with Gasteiger partial charge in [0.25, 0.3) is 0 Å². The number of nitrogens with one attached hydrogen (secondary N) is 1. The molecule has 0 aliphatic heterocycles. The van der Waals surface area contributed by atoms with Gasteiger partial charge in [-0.3, -0.25) is 14.6 Å². The van der Waals surface area contributed by atoms with Gasteiger partial charge in [0.2, 0.25) is 0 Å². The number of hydrogen-bond donors (Lipinski definition) is 3. The molecule has 0 amide bonds. The summed E-state index contributed by atoms with van der Waals surface area (Å²) in [6, 6.07) is 0. The highest BCUT2D eigenvalue weighted by Gasteiger charge is 2.21. The first-order chi connectivity index (χ1) is 24.9. The van der Waals surface area contributed by atoms with E-state index in [1.54, 1.807) is 13.1 Å². The fourth-order valence-corrected chi connectivity index (χ4v) is 6.33. The van der Waals surface area contributed by atoms with Crippen molar-refractivity contribution in [1.82, 2.24) is 0 Å². The Hall–Kier alpha value is -2.77. The van der Waals surface area contributed by atoms with Crippen LogP contribution in [0.3, 0.4) is 0 Å². The first-order valence-corrected chi connectivity index (χ1v) is 21.0. The Kier molecular flexibility index (Phi) is 29.0. The number of esters is 2. The molecule has 0 unspecified atom stereocenters. The van der Waals surface area contributed by atoms with Crippen LogP contribution in [0, 0.1) is 6.92 Å². The van der Waals surface area contributed by atoms with E-state index in [1.807, 2.05) is 0 Å². The normalized spacial score (nSPS) is 11.4. The monoisotopic (exact) mass is 717 g/mol. The number of unbranched alkanes of at least 4 members (excludes halogenated alkanes) is 19. The molecule has 8 heteroatoms. The molecule has 0 saturated carbocycles. The third-order valence-electron chi connectivity index (χ3n) is 9.62. The minimum atomic E-state index is -0.247. The molecular weight excluding hydrogens is 640 g/mol. The van der Waals surface area contributed by atoms with Gasteiger partial charge in [-0.25, -0.2) is 0 Å². The summed E-state index contributed by atoms with van der Waals surface area (Å²) in [6.07, 6.45) is 29.9. The molecular formula is C43H76N2O6. The number of nitrogens with zero attached hydrogens (tertiary/aromatic N) is 1. The largest absolute Gasteiger partial charge is 0.505 e. The van der Waals surface area contributed by atoms with Crippen molar-refractivity contribution in [2.75, 3.05) is 25.1 Å². The number of carbonyl (C=O) groups excluding carboxylic acids is 2. The number of aromatic hydroxyl groups is 2. The summed E-state index contributed by atoms with van der Waals surface area (Å²) in [4.78, 5) is 28.9. The van der Waals surface area contributed by atoms with Crippen LogP contribution in [0.25, 0.3) is 0 Å². The summed E-state index contributed by atoms with van der Waals surface area (Å²) in [5.74, 6) is -0.335. The van der Waals surface area contributed by atoms with Crippen molar-refractivity contribution in [2.45, 2.75) is 201 Å². The van der Waals surface area contributed by atoms with E-state index < -0.39 is 0 Å². The van der Waals surface area contributed by atoms with Gasteiger partial charge >= 0.3 is 11.9 Å². The molecule has 0 radical (unpaired) electrons. The predicted molar refractivity (Wildman–Crippen MR) is 214 cm³/mol. The Morgan fingerprint density at radius 2 is 1.06 bits per heavy atom. The highest BCUT2D eigenvalue weighted by molar-refractivity contribution is 5.81. The van der Waals surface area contributed by atoms with E-state index in [0.29, 0.717) is 67.9 Å². The summed E-state index contributed by atoms with van der Waals surface area (Å²) in [6.45, 7) is 9.69.